The Balaban J connectivity index is 2.04. The van der Waals surface area contributed by atoms with Crippen molar-refractivity contribution in [3.05, 3.63) is 53.4 Å². The molecular formula is C17H15NO2S2. The third-order valence-electron chi connectivity index (χ3n) is 3.38. The van der Waals surface area contributed by atoms with Gasteiger partial charge >= 0.3 is 5.97 Å². The maximum Gasteiger partial charge on any atom is 0.336 e. The van der Waals surface area contributed by atoms with Crippen LogP contribution in [0.2, 0.25) is 0 Å². The van der Waals surface area contributed by atoms with E-state index in [1.165, 1.54) is 21.8 Å². The van der Waals surface area contributed by atoms with Gasteiger partial charge in [-0.1, -0.05) is 23.9 Å². The molecule has 0 unspecified atom stereocenters. The molecule has 0 aliphatic heterocycles. The van der Waals surface area contributed by atoms with Crippen molar-refractivity contribution >= 4 is 44.8 Å². The van der Waals surface area contributed by atoms with Crippen LogP contribution in [0.3, 0.4) is 0 Å². The number of anilines is 1. The number of aromatic carboxylic acids is 1. The summed E-state index contributed by atoms with van der Waals surface area (Å²) in [6, 6.07) is 13.5. The average Bonchev–Trinajstić information content (AvgIpc) is 2.90. The zero-order valence-corrected chi connectivity index (χ0v) is 13.9. The average molecular weight is 329 g/mol. The maximum absolute atomic E-state index is 11.3. The first-order valence-corrected chi connectivity index (χ1v) is 8.44. The number of fused-ring (bicyclic) bond motifs is 1. The van der Waals surface area contributed by atoms with Crippen molar-refractivity contribution in [1.82, 2.24) is 0 Å². The zero-order chi connectivity index (χ0) is 15.7. The van der Waals surface area contributed by atoms with Crippen LogP contribution in [0, 0.1) is 0 Å². The van der Waals surface area contributed by atoms with Gasteiger partial charge in [-0.15, -0.1) is 11.3 Å². The molecule has 112 valence electrons. The lowest BCUT2D eigenvalue weighted by Crippen LogP contribution is -2.07. The molecule has 0 radical (unpaired) electrons. The zero-order valence-electron chi connectivity index (χ0n) is 12.2. The Labute approximate surface area is 137 Å². The van der Waals surface area contributed by atoms with Crippen molar-refractivity contribution < 1.29 is 9.90 Å². The third kappa shape index (κ3) is 2.82. The molecule has 0 fully saturated rings. The van der Waals surface area contributed by atoms with Gasteiger partial charge in [-0.25, -0.2) is 4.79 Å². The lowest BCUT2D eigenvalue weighted by atomic mass is 10.2. The molecule has 3 nitrogen and oxygen atoms in total. The molecular weight excluding hydrogens is 314 g/mol. The van der Waals surface area contributed by atoms with Crippen LogP contribution in [0.1, 0.15) is 10.4 Å². The monoisotopic (exact) mass is 329 g/mol. The van der Waals surface area contributed by atoms with E-state index in [0.717, 1.165) is 15.5 Å². The van der Waals surface area contributed by atoms with Crippen LogP contribution in [0.5, 0.6) is 0 Å². The molecule has 0 saturated heterocycles. The topological polar surface area (TPSA) is 40.5 Å². The first-order chi connectivity index (χ1) is 10.6. The van der Waals surface area contributed by atoms with Gasteiger partial charge < -0.3 is 10.0 Å². The minimum Gasteiger partial charge on any atom is -0.478 e. The molecule has 1 N–H and O–H groups in total. The Morgan fingerprint density at radius 3 is 2.64 bits per heavy atom. The van der Waals surface area contributed by atoms with Gasteiger partial charge in [0, 0.05) is 45.0 Å². The Bertz CT molecular complexity index is 840. The molecule has 22 heavy (non-hydrogen) atoms. The third-order valence-corrected chi connectivity index (χ3v) is 5.62. The number of thiophene rings is 1. The molecule has 0 aliphatic rings. The lowest BCUT2D eigenvalue weighted by molar-refractivity contribution is 0.0693. The number of hydrogen-bond donors (Lipinski definition) is 1. The normalized spacial score (nSPS) is 10.8. The number of rotatable bonds is 4. The smallest absolute Gasteiger partial charge is 0.336 e. The standard InChI is InChI=1S/C17H15NO2S2/c1-18(2)11-7-8-14-13(9-11)16(10-21-14)22-15-6-4-3-5-12(15)17(19)20/h3-10H,1-2H3,(H,19,20). The van der Waals surface area contributed by atoms with Gasteiger partial charge in [0.1, 0.15) is 0 Å². The van der Waals surface area contributed by atoms with Crippen molar-refractivity contribution in [2.45, 2.75) is 9.79 Å². The van der Waals surface area contributed by atoms with Crippen molar-refractivity contribution in [3.63, 3.8) is 0 Å². The van der Waals surface area contributed by atoms with Crippen LogP contribution >= 0.6 is 23.1 Å². The first kappa shape index (κ1) is 14.9. The van der Waals surface area contributed by atoms with E-state index in [0.29, 0.717) is 5.56 Å². The van der Waals surface area contributed by atoms with Gasteiger partial charge in [-0.2, -0.15) is 0 Å². The summed E-state index contributed by atoms with van der Waals surface area (Å²) in [5.74, 6) is -0.892. The van der Waals surface area contributed by atoms with Crippen LogP contribution in [-0.2, 0) is 0 Å². The summed E-state index contributed by atoms with van der Waals surface area (Å²) >= 11 is 3.19. The second-order valence-corrected chi connectivity index (χ2v) is 7.07. The summed E-state index contributed by atoms with van der Waals surface area (Å²) in [6.45, 7) is 0. The highest BCUT2D eigenvalue weighted by Gasteiger charge is 2.13. The molecule has 3 aromatic rings. The summed E-state index contributed by atoms with van der Waals surface area (Å²) in [7, 11) is 4.03. The highest BCUT2D eigenvalue weighted by molar-refractivity contribution is 7.99. The van der Waals surface area contributed by atoms with E-state index >= 15 is 0 Å². The number of carboxylic acids is 1. The van der Waals surface area contributed by atoms with Crippen LogP contribution in [0.25, 0.3) is 10.1 Å². The number of hydrogen-bond acceptors (Lipinski definition) is 4. The molecule has 2 aromatic carbocycles. The van der Waals surface area contributed by atoms with Gasteiger partial charge in [0.15, 0.2) is 0 Å². The van der Waals surface area contributed by atoms with Gasteiger partial charge in [0.05, 0.1) is 5.56 Å². The largest absolute Gasteiger partial charge is 0.478 e. The Morgan fingerprint density at radius 2 is 1.91 bits per heavy atom. The SMILES string of the molecule is CN(C)c1ccc2scc(Sc3ccccc3C(=O)O)c2c1. The van der Waals surface area contributed by atoms with Crippen molar-refractivity contribution in [2.24, 2.45) is 0 Å². The van der Waals surface area contributed by atoms with Gasteiger partial charge in [-0.05, 0) is 30.3 Å². The van der Waals surface area contributed by atoms with E-state index in [1.807, 2.05) is 26.2 Å². The summed E-state index contributed by atoms with van der Waals surface area (Å²) in [4.78, 5) is 15.3. The van der Waals surface area contributed by atoms with Crippen LogP contribution in [-0.4, -0.2) is 25.2 Å². The van der Waals surface area contributed by atoms with Gasteiger partial charge in [-0.3, -0.25) is 0 Å². The van der Waals surface area contributed by atoms with E-state index in [2.05, 4.69) is 28.5 Å². The Morgan fingerprint density at radius 1 is 1.14 bits per heavy atom. The molecule has 0 atom stereocenters. The molecule has 1 heterocycles. The fourth-order valence-electron chi connectivity index (χ4n) is 2.20. The molecule has 0 saturated carbocycles. The van der Waals surface area contributed by atoms with Crippen molar-refractivity contribution in [1.29, 1.82) is 0 Å². The second-order valence-electron chi connectivity index (χ2n) is 5.08. The maximum atomic E-state index is 11.3. The number of benzene rings is 2. The summed E-state index contributed by atoms with van der Waals surface area (Å²) in [5.41, 5.74) is 1.48. The number of carbonyl (C=O) groups is 1. The Kier molecular flexibility index (Phi) is 4.09. The van der Waals surface area contributed by atoms with Gasteiger partial charge in [0.25, 0.3) is 0 Å². The van der Waals surface area contributed by atoms with Crippen molar-refractivity contribution in [2.75, 3.05) is 19.0 Å². The van der Waals surface area contributed by atoms with E-state index in [-0.39, 0.29) is 0 Å². The van der Waals surface area contributed by atoms with Crippen molar-refractivity contribution in [3.8, 4) is 0 Å². The van der Waals surface area contributed by atoms with E-state index in [4.69, 9.17) is 0 Å². The fourth-order valence-corrected chi connectivity index (χ4v) is 4.33. The summed E-state index contributed by atoms with van der Waals surface area (Å²) in [5, 5.41) is 12.6. The lowest BCUT2D eigenvalue weighted by Gasteiger charge is -2.12. The second kappa shape index (κ2) is 6.02. The number of nitrogens with zero attached hydrogens (tertiary/aromatic N) is 1. The molecule has 0 bridgehead atoms. The molecule has 0 amide bonds. The highest BCUT2D eigenvalue weighted by atomic mass is 32.2. The van der Waals surface area contributed by atoms with Crippen LogP contribution in [0.4, 0.5) is 5.69 Å². The molecule has 1 aromatic heterocycles. The predicted octanol–water partition coefficient (Wildman–Crippen LogP) is 4.82. The quantitative estimate of drug-likeness (QED) is 0.745. The van der Waals surface area contributed by atoms with E-state index < -0.39 is 5.97 Å². The highest BCUT2D eigenvalue weighted by Crippen LogP contribution is 2.40. The molecule has 5 heteroatoms. The van der Waals surface area contributed by atoms with Crippen LogP contribution in [0.15, 0.2) is 57.6 Å². The first-order valence-electron chi connectivity index (χ1n) is 6.75. The summed E-state index contributed by atoms with van der Waals surface area (Å²) < 4.78 is 1.21. The molecule has 0 spiro atoms. The molecule has 3 rings (SSSR count). The Hall–Kier alpha value is -1.98. The van der Waals surface area contributed by atoms with E-state index in [1.54, 1.807) is 23.5 Å². The van der Waals surface area contributed by atoms with Gasteiger partial charge in [0.2, 0.25) is 0 Å². The predicted molar refractivity (Wildman–Crippen MR) is 93.7 cm³/mol. The van der Waals surface area contributed by atoms with E-state index in [9.17, 15) is 9.90 Å². The molecule has 0 aliphatic carbocycles. The minimum absolute atomic E-state index is 0.343. The fraction of sp³-hybridized carbons (Fsp3) is 0.118. The minimum atomic E-state index is -0.892. The summed E-state index contributed by atoms with van der Waals surface area (Å²) in [6.07, 6.45) is 0. The number of carboxylic acid groups (broad SMARTS) is 1. The van der Waals surface area contributed by atoms with Crippen LogP contribution < -0.4 is 4.90 Å².